The minimum absolute atomic E-state index is 0.0205. The molecule has 2 aromatic rings. The maximum Gasteiger partial charge on any atom is 0.250 e. The SMILES string of the molecule is Cn1ccc(-c2nnc(CCCNC3CC3)s2)cc1=O. The highest BCUT2D eigenvalue weighted by atomic mass is 32.1. The zero-order chi connectivity index (χ0) is 13.9. The lowest BCUT2D eigenvalue weighted by Crippen LogP contribution is -2.17. The zero-order valence-corrected chi connectivity index (χ0v) is 12.3. The van der Waals surface area contributed by atoms with Crippen LogP contribution in [0.5, 0.6) is 0 Å². The number of aryl methyl sites for hydroxylation is 2. The van der Waals surface area contributed by atoms with Gasteiger partial charge in [-0.05, 0) is 31.9 Å². The summed E-state index contributed by atoms with van der Waals surface area (Å²) in [5.74, 6) is 0. The van der Waals surface area contributed by atoms with Gasteiger partial charge in [0.1, 0.15) is 10.0 Å². The van der Waals surface area contributed by atoms with E-state index < -0.39 is 0 Å². The van der Waals surface area contributed by atoms with Gasteiger partial charge in [-0.1, -0.05) is 11.3 Å². The van der Waals surface area contributed by atoms with Crippen LogP contribution in [0.3, 0.4) is 0 Å². The van der Waals surface area contributed by atoms with Crippen LogP contribution in [0.15, 0.2) is 23.1 Å². The van der Waals surface area contributed by atoms with Crippen LogP contribution in [0.25, 0.3) is 10.6 Å². The van der Waals surface area contributed by atoms with Crippen LogP contribution in [0.2, 0.25) is 0 Å². The van der Waals surface area contributed by atoms with Crippen LogP contribution in [0.1, 0.15) is 24.3 Å². The largest absolute Gasteiger partial charge is 0.319 e. The van der Waals surface area contributed by atoms with Gasteiger partial charge < -0.3 is 9.88 Å². The highest BCUT2D eigenvalue weighted by Gasteiger charge is 2.19. The zero-order valence-electron chi connectivity index (χ0n) is 11.5. The van der Waals surface area contributed by atoms with Gasteiger partial charge in [0.05, 0.1) is 0 Å². The second kappa shape index (κ2) is 5.85. The summed E-state index contributed by atoms with van der Waals surface area (Å²) in [5.41, 5.74) is 0.834. The summed E-state index contributed by atoms with van der Waals surface area (Å²) in [6, 6.07) is 4.28. The Labute approximate surface area is 121 Å². The summed E-state index contributed by atoms with van der Waals surface area (Å²) in [5, 5.41) is 13.8. The number of nitrogens with zero attached hydrogens (tertiary/aromatic N) is 3. The van der Waals surface area contributed by atoms with Gasteiger partial charge in [-0.2, -0.15) is 0 Å². The van der Waals surface area contributed by atoms with E-state index in [9.17, 15) is 4.79 Å². The van der Waals surface area contributed by atoms with Gasteiger partial charge in [0.15, 0.2) is 0 Å². The molecule has 0 saturated heterocycles. The van der Waals surface area contributed by atoms with Crippen molar-refractivity contribution in [2.24, 2.45) is 7.05 Å². The molecule has 2 heterocycles. The summed E-state index contributed by atoms with van der Waals surface area (Å²) in [6.45, 7) is 1.05. The molecule has 1 fully saturated rings. The molecule has 106 valence electrons. The Bertz CT molecular complexity index is 645. The molecule has 1 aliphatic rings. The first kappa shape index (κ1) is 13.5. The molecule has 2 aromatic heterocycles. The number of rotatable bonds is 6. The summed E-state index contributed by atoms with van der Waals surface area (Å²) in [4.78, 5) is 11.6. The predicted molar refractivity (Wildman–Crippen MR) is 79.9 cm³/mol. The van der Waals surface area contributed by atoms with Gasteiger partial charge in [-0.3, -0.25) is 4.79 Å². The fourth-order valence-corrected chi connectivity index (χ4v) is 2.86. The van der Waals surface area contributed by atoms with Crippen molar-refractivity contribution in [3.63, 3.8) is 0 Å². The molecule has 0 aliphatic heterocycles. The lowest BCUT2D eigenvalue weighted by Gasteiger charge is -1.99. The molecule has 20 heavy (non-hydrogen) atoms. The minimum atomic E-state index is -0.0205. The number of hydrogen-bond acceptors (Lipinski definition) is 5. The Hall–Kier alpha value is -1.53. The first-order valence-electron chi connectivity index (χ1n) is 6.95. The maximum atomic E-state index is 11.6. The molecule has 0 amide bonds. The quantitative estimate of drug-likeness (QED) is 0.821. The van der Waals surface area contributed by atoms with Crippen molar-refractivity contribution in [1.82, 2.24) is 20.1 Å². The fraction of sp³-hybridized carbons (Fsp3) is 0.500. The van der Waals surface area contributed by atoms with Crippen molar-refractivity contribution in [3.05, 3.63) is 33.7 Å². The van der Waals surface area contributed by atoms with Crippen LogP contribution in [0, 0.1) is 0 Å². The number of aromatic nitrogens is 3. The Balaban J connectivity index is 1.60. The summed E-state index contributed by atoms with van der Waals surface area (Å²) in [6.07, 6.45) is 6.44. The Morgan fingerprint density at radius 1 is 1.45 bits per heavy atom. The highest BCUT2D eigenvalue weighted by Crippen LogP contribution is 2.23. The molecule has 3 rings (SSSR count). The van der Waals surface area contributed by atoms with Crippen molar-refractivity contribution >= 4 is 11.3 Å². The predicted octanol–water partition coefficient (Wildman–Crippen LogP) is 1.59. The number of hydrogen-bond donors (Lipinski definition) is 1. The Morgan fingerprint density at radius 2 is 2.30 bits per heavy atom. The molecule has 0 aromatic carbocycles. The first-order valence-corrected chi connectivity index (χ1v) is 7.77. The van der Waals surface area contributed by atoms with E-state index in [1.54, 1.807) is 35.2 Å². The van der Waals surface area contributed by atoms with E-state index in [-0.39, 0.29) is 5.56 Å². The minimum Gasteiger partial charge on any atom is -0.319 e. The monoisotopic (exact) mass is 290 g/mol. The maximum absolute atomic E-state index is 11.6. The number of nitrogens with one attached hydrogen (secondary N) is 1. The topological polar surface area (TPSA) is 59.8 Å². The van der Waals surface area contributed by atoms with E-state index >= 15 is 0 Å². The van der Waals surface area contributed by atoms with E-state index in [1.165, 1.54) is 12.8 Å². The molecule has 1 saturated carbocycles. The second-order valence-electron chi connectivity index (χ2n) is 5.20. The van der Waals surface area contributed by atoms with Crippen molar-refractivity contribution in [2.45, 2.75) is 31.7 Å². The van der Waals surface area contributed by atoms with E-state index in [0.29, 0.717) is 0 Å². The van der Waals surface area contributed by atoms with Crippen molar-refractivity contribution < 1.29 is 0 Å². The fourth-order valence-electron chi connectivity index (χ4n) is 1.99. The van der Waals surface area contributed by atoms with Crippen LogP contribution in [-0.2, 0) is 13.5 Å². The standard InChI is InChI=1S/C14H18N4OS/c1-18-8-6-10(9-13(18)19)14-17-16-12(20-14)3-2-7-15-11-4-5-11/h6,8-9,11,15H,2-5,7H2,1H3. The lowest BCUT2D eigenvalue weighted by molar-refractivity contribution is 0.643. The second-order valence-corrected chi connectivity index (χ2v) is 6.26. The van der Waals surface area contributed by atoms with Crippen LogP contribution in [-0.4, -0.2) is 27.4 Å². The average Bonchev–Trinajstić information content (AvgIpc) is 3.15. The van der Waals surface area contributed by atoms with Gasteiger partial charge in [0.25, 0.3) is 5.56 Å². The van der Waals surface area contributed by atoms with Gasteiger partial charge in [0.2, 0.25) is 0 Å². The van der Waals surface area contributed by atoms with Crippen molar-refractivity contribution in [3.8, 4) is 10.6 Å². The molecule has 0 radical (unpaired) electrons. The first-order chi connectivity index (χ1) is 9.72. The van der Waals surface area contributed by atoms with Gasteiger partial charge in [0, 0.05) is 37.3 Å². The summed E-state index contributed by atoms with van der Waals surface area (Å²) in [7, 11) is 1.74. The number of pyridine rings is 1. The molecular formula is C14H18N4OS. The molecule has 6 heteroatoms. The van der Waals surface area contributed by atoms with Crippen molar-refractivity contribution in [1.29, 1.82) is 0 Å². The van der Waals surface area contributed by atoms with Gasteiger partial charge in [-0.15, -0.1) is 10.2 Å². The molecule has 0 atom stereocenters. The van der Waals surface area contributed by atoms with E-state index in [0.717, 1.165) is 41.0 Å². The molecule has 5 nitrogen and oxygen atoms in total. The third-order valence-corrected chi connectivity index (χ3v) is 4.43. The molecular weight excluding hydrogens is 272 g/mol. The average molecular weight is 290 g/mol. The van der Waals surface area contributed by atoms with Gasteiger partial charge >= 0.3 is 0 Å². The van der Waals surface area contributed by atoms with Gasteiger partial charge in [-0.25, -0.2) is 0 Å². The third-order valence-electron chi connectivity index (χ3n) is 3.40. The molecule has 1 aliphatic carbocycles. The summed E-state index contributed by atoms with van der Waals surface area (Å²) >= 11 is 1.58. The van der Waals surface area contributed by atoms with E-state index in [4.69, 9.17) is 0 Å². The molecule has 0 spiro atoms. The summed E-state index contributed by atoms with van der Waals surface area (Å²) < 4.78 is 1.55. The molecule has 0 unspecified atom stereocenters. The normalized spacial score (nSPS) is 14.7. The Morgan fingerprint density at radius 3 is 3.05 bits per heavy atom. The van der Waals surface area contributed by atoms with E-state index in [1.807, 2.05) is 6.07 Å². The lowest BCUT2D eigenvalue weighted by atomic mass is 10.3. The van der Waals surface area contributed by atoms with E-state index in [2.05, 4.69) is 15.5 Å². The highest BCUT2D eigenvalue weighted by molar-refractivity contribution is 7.14. The third kappa shape index (κ3) is 3.32. The van der Waals surface area contributed by atoms with Crippen molar-refractivity contribution in [2.75, 3.05) is 6.54 Å². The van der Waals surface area contributed by atoms with Crippen LogP contribution in [0.4, 0.5) is 0 Å². The van der Waals surface area contributed by atoms with Crippen LogP contribution >= 0.6 is 11.3 Å². The smallest absolute Gasteiger partial charge is 0.250 e. The Kier molecular flexibility index (Phi) is 3.93. The molecule has 0 bridgehead atoms. The molecule has 1 N–H and O–H groups in total. The van der Waals surface area contributed by atoms with Crippen LogP contribution < -0.4 is 10.9 Å².